The SMILES string of the molecule is CC(C)(C)OC(=O)N1C[C@@H]2CNC[C@H]2C1.CC(C)(C)OC(=O)N1C[C@@H]2CNC[C@H]2C1.CC(C)(C)OC(=O)N1C[C@H]2CNC[C@@H]2C1.CC(C)(C)OC(=O)N1C[C@H]2CNC[C@@H]2C1.O=C(O)C(=O)O.O=C(O)C(=O)O. The summed E-state index contributed by atoms with van der Waals surface area (Å²) in [6.07, 6.45) is -0.623. The van der Waals surface area contributed by atoms with Gasteiger partial charge in [-0.25, -0.2) is 38.4 Å². The molecule has 0 unspecified atom stereocenters. The minimum absolute atomic E-state index is 0.156. The van der Waals surface area contributed by atoms with E-state index in [-0.39, 0.29) is 46.8 Å². The zero-order chi connectivity index (χ0) is 54.5. The quantitative estimate of drug-likeness (QED) is 0.128. The minimum Gasteiger partial charge on any atom is -0.473 e. The van der Waals surface area contributed by atoms with E-state index in [0.29, 0.717) is 47.3 Å². The van der Waals surface area contributed by atoms with Gasteiger partial charge in [0, 0.05) is 105 Å². The Balaban J connectivity index is 0.000000236. The van der Waals surface area contributed by atoms with Gasteiger partial charge < -0.3 is 80.2 Å². The van der Waals surface area contributed by atoms with Gasteiger partial charge in [0.05, 0.1) is 0 Å². The fourth-order valence-corrected chi connectivity index (χ4v) is 9.32. The highest BCUT2D eigenvalue weighted by molar-refractivity contribution is 6.27. The van der Waals surface area contributed by atoms with Crippen LogP contribution in [0.5, 0.6) is 0 Å². The molecule has 4 amide bonds. The van der Waals surface area contributed by atoms with Crippen LogP contribution in [0.15, 0.2) is 0 Å². The second-order valence-electron chi connectivity index (χ2n) is 23.5. The van der Waals surface area contributed by atoms with Crippen LogP contribution in [0.4, 0.5) is 19.2 Å². The summed E-state index contributed by atoms with van der Waals surface area (Å²) in [4.78, 5) is 90.9. The monoisotopic (exact) mass is 1030 g/mol. The number of carbonyl (C=O) groups excluding carboxylic acids is 4. The number of likely N-dealkylation sites (tertiary alicyclic amines) is 4. The van der Waals surface area contributed by atoms with E-state index in [0.717, 1.165) is 105 Å². The van der Waals surface area contributed by atoms with Gasteiger partial charge in [0.25, 0.3) is 0 Å². The maximum absolute atomic E-state index is 11.8. The lowest BCUT2D eigenvalue weighted by atomic mass is 10.0. The van der Waals surface area contributed by atoms with Gasteiger partial charge in [0.15, 0.2) is 0 Å². The van der Waals surface area contributed by atoms with Crippen LogP contribution in [-0.4, -0.2) is 215 Å². The van der Waals surface area contributed by atoms with Gasteiger partial charge in [-0.1, -0.05) is 0 Å². The molecular formula is C48H84N8O16. The number of amides is 4. The Morgan fingerprint density at radius 3 is 0.528 bits per heavy atom. The molecule has 24 nitrogen and oxygen atoms in total. The zero-order valence-electron chi connectivity index (χ0n) is 44.4. The standard InChI is InChI=1S/4C11H20N2O2.2C2H2O4/c4*1-11(2,3)15-10(14)13-6-8-4-12-5-9(8)7-13;2*3-1(4)2(5)6/h4*8-9,12H,4-7H2,1-3H3;2*(H,3,4)(H,5,6)/t4*8-,9-;;/m1100../s1. The first-order valence-electron chi connectivity index (χ1n) is 24.8. The highest BCUT2D eigenvalue weighted by Crippen LogP contribution is 2.30. The maximum atomic E-state index is 11.8. The number of rotatable bonds is 0. The molecule has 8 aliphatic heterocycles. The number of carboxylic acid groups (broad SMARTS) is 4. The molecule has 0 aliphatic carbocycles. The van der Waals surface area contributed by atoms with Gasteiger partial charge in [-0.05, 0) is 130 Å². The van der Waals surface area contributed by atoms with Crippen LogP contribution in [0.3, 0.4) is 0 Å². The smallest absolute Gasteiger partial charge is 0.414 e. The predicted octanol–water partition coefficient (Wildman–Crippen LogP) is 2.60. The average Bonchev–Trinajstić information content (AvgIpc) is 4.05. The fourth-order valence-electron chi connectivity index (χ4n) is 9.32. The first-order valence-corrected chi connectivity index (χ1v) is 24.8. The Hall–Kier alpha value is -5.20. The molecule has 8 aliphatic rings. The van der Waals surface area contributed by atoms with Gasteiger partial charge in [0.1, 0.15) is 22.4 Å². The Bertz CT molecular complexity index is 1570. The largest absolute Gasteiger partial charge is 0.473 e. The number of carboxylic acids is 4. The molecule has 8 atom stereocenters. The lowest BCUT2D eigenvalue weighted by Crippen LogP contribution is -2.37. The molecule has 0 aromatic heterocycles. The maximum Gasteiger partial charge on any atom is 0.414 e. The minimum atomic E-state index is -1.82. The Morgan fingerprint density at radius 2 is 0.431 bits per heavy atom. The Morgan fingerprint density at radius 1 is 0.306 bits per heavy atom. The molecule has 0 aromatic carbocycles. The summed E-state index contributed by atoms with van der Waals surface area (Å²) in [7, 11) is 0. The molecule has 8 N–H and O–H groups in total. The molecule has 0 radical (unpaired) electrons. The van der Waals surface area contributed by atoms with Crippen molar-refractivity contribution < 1.29 is 77.7 Å². The van der Waals surface area contributed by atoms with E-state index in [1.54, 1.807) is 0 Å². The summed E-state index contributed by atoms with van der Waals surface area (Å²) in [6.45, 7) is 38.1. The summed E-state index contributed by atoms with van der Waals surface area (Å²) >= 11 is 0. The predicted molar refractivity (Wildman–Crippen MR) is 261 cm³/mol. The molecule has 0 spiro atoms. The van der Waals surface area contributed by atoms with E-state index < -0.39 is 23.9 Å². The van der Waals surface area contributed by atoms with E-state index in [4.69, 9.17) is 58.6 Å². The van der Waals surface area contributed by atoms with Gasteiger partial charge in [-0.15, -0.1) is 0 Å². The highest BCUT2D eigenvalue weighted by Gasteiger charge is 2.43. The van der Waals surface area contributed by atoms with Crippen LogP contribution in [0.2, 0.25) is 0 Å². The number of ether oxygens (including phenoxy) is 4. The van der Waals surface area contributed by atoms with Crippen molar-refractivity contribution in [1.82, 2.24) is 40.9 Å². The number of hydrogen-bond acceptors (Lipinski definition) is 16. The Labute approximate surface area is 423 Å². The molecule has 412 valence electrons. The van der Waals surface area contributed by atoms with Gasteiger partial charge in [0.2, 0.25) is 0 Å². The van der Waals surface area contributed by atoms with Gasteiger partial charge in [-0.2, -0.15) is 0 Å². The topological polar surface area (TPSA) is 315 Å². The molecule has 8 saturated heterocycles. The van der Waals surface area contributed by atoms with Crippen molar-refractivity contribution in [2.24, 2.45) is 47.3 Å². The molecule has 0 saturated carbocycles. The molecule has 72 heavy (non-hydrogen) atoms. The number of aliphatic carboxylic acids is 4. The zero-order valence-corrected chi connectivity index (χ0v) is 44.4. The number of nitrogens with one attached hydrogen (secondary N) is 4. The molecular weight excluding hydrogens is 945 g/mol. The highest BCUT2D eigenvalue weighted by atomic mass is 16.6. The van der Waals surface area contributed by atoms with Crippen LogP contribution >= 0.6 is 0 Å². The van der Waals surface area contributed by atoms with Crippen LogP contribution in [0, 0.1) is 47.3 Å². The summed E-state index contributed by atoms with van der Waals surface area (Å²) in [5.74, 6) is -2.20. The van der Waals surface area contributed by atoms with Crippen LogP contribution in [0.1, 0.15) is 83.1 Å². The van der Waals surface area contributed by atoms with E-state index in [9.17, 15) is 19.2 Å². The third-order valence-electron chi connectivity index (χ3n) is 12.5. The lowest BCUT2D eigenvalue weighted by molar-refractivity contribution is -0.159. The van der Waals surface area contributed by atoms with Gasteiger partial charge in [-0.3, -0.25) is 0 Å². The number of hydrogen-bond donors (Lipinski definition) is 8. The summed E-state index contributed by atoms with van der Waals surface area (Å²) < 4.78 is 21.4. The lowest BCUT2D eigenvalue weighted by Gasteiger charge is -2.24. The van der Waals surface area contributed by atoms with Crippen molar-refractivity contribution in [3.05, 3.63) is 0 Å². The van der Waals surface area contributed by atoms with Crippen molar-refractivity contribution in [3.8, 4) is 0 Å². The summed E-state index contributed by atoms with van der Waals surface area (Å²) in [5.41, 5.74) is -1.53. The summed E-state index contributed by atoms with van der Waals surface area (Å²) in [5, 5.41) is 43.0. The molecule has 8 rings (SSSR count). The van der Waals surface area contributed by atoms with Crippen molar-refractivity contribution in [1.29, 1.82) is 0 Å². The molecule has 0 bridgehead atoms. The number of carbonyl (C=O) groups is 8. The number of nitrogens with zero attached hydrogens (tertiary/aromatic N) is 4. The second kappa shape index (κ2) is 26.1. The first kappa shape index (κ1) is 61.1. The van der Waals surface area contributed by atoms with Crippen molar-refractivity contribution in [2.75, 3.05) is 105 Å². The molecule has 8 heterocycles. The van der Waals surface area contributed by atoms with E-state index >= 15 is 0 Å². The van der Waals surface area contributed by atoms with Crippen molar-refractivity contribution in [2.45, 2.75) is 105 Å². The Kier molecular flexibility index (Phi) is 22.2. The summed E-state index contributed by atoms with van der Waals surface area (Å²) in [6, 6.07) is 0. The van der Waals surface area contributed by atoms with Gasteiger partial charge >= 0.3 is 48.3 Å². The van der Waals surface area contributed by atoms with Crippen LogP contribution in [-0.2, 0) is 38.1 Å². The van der Waals surface area contributed by atoms with Crippen molar-refractivity contribution in [3.63, 3.8) is 0 Å². The average molecular weight is 1030 g/mol. The molecule has 8 fully saturated rings. The van der Waals surface area contributed by atoms with E-state index in [1.807, 2.05) is 103 Å². The van der Waals surface area contributed by atoms with E-state index in [2.05, 4.69) is 21.3 Å². The number of fused-ring (bicyclic) bond motifs is 4. The second-order valence-corrected chi connectivity index (χ2v) is 23.5. The normalized spacial score (nSPS) is 26.6. The third-order valence-corrected chi connectivity index (χ3v) is 12.5. The van der Waals surface area contributed by atoms with Crippen LogP contribution in [0.25, 0.3) is 0 Å². The molecule has 0 aromatic rings. The first-order chi connectivity index (χ1) is 33.1. The van der Waals surface area contributed by atoms with Crippen LogP contribution < -0.4 is 21.3 Å². The third kappa shape index (κ3) is 21.5. The van der Waals surface area contributed by atoms with E-state index in [1.165, 1.54) is 0 Å². The van der Waals surface area contributed by atoms with Crippen molar-refractivity contribution >= 4 is 48.3 Å². The fraction of sp³-hybridized carbons (Fsp3) is 0.833. The molecule has 24 heteroatoms.